The van der Waals surface area contributed by atoms with E-state index in [1.54, 1.807) is 6.07 Å². The lowest BCUT2D eigenvalue weighted by Crippen LogP contribution is -1.78. The molecule has 1 aromatic carbocycles. The molecule has 0 fully saturated rings. The molecule has 0 bridgehead atoms. The van der Waals surface area contributed by atoms with Gasteiger partial charge in [-0.1, -0.05) is 31.9 Å². The van der Waals surface area contributed by atoms with E-state index in [9.17, 15) is 0 Å². The van der Waals surface area contributed by atoms with Gasteiger partial charge in [-0.3, -0.25) is 0 Å². The monoisotopic (exact) mass is 330 g/mol. The van der Waals surface area contributed by atoms with Crippen LogP contribution < -0.4 is 0 Å². The fourth-order valence-electron chi connectivity index (χ4n) is 1.29. The lowest BCUT2D eigenvalue weighted by Gasteiger charge is -2.01. The van der Waals surface area contributed by atoms with Crippen LogP contribution in [0.3, 0.4) is 0 Å². The highest BCUT2D eigenvalue weighted by Crippen LogP contribution is 2.32. The first-order valence-corrected chi connectivity index (χ1v) is 5.94. The van der Waals surface area contributed by atoms with Crippen LogP contribution in [0.2, 0.25) is 0 Å². The average Bonchev–Trinajstić information content (AvgIpc) is 2.70. The Morgan fingerprint density at radius 1 is 1.13 bits per heavy atom. The minimum absolute atomic E-state index is 0.0778. The van der Waals surface area contributed by atoms with Crippen LogP contribution in [-0.2, 0) is 6.61 Å². The maximum absolute atomic E-state index is 8.91. The van der Waals surface area contributed by atoms with Crippen LogP contribution in [0.25, 0.3) is 11.3 Å². The Balaban J connectivity index is 2.48. The van der Waals surface area contributed by atoms with E-state index in [1.807, 2.05) is 24.3 Å². The molecule has 0 aliphatic heterocycles. The fourth-order valence-corrected chi connectivity index (χ4v) is 2.10. The Morgan fingerprint density at radius 2 is 1.93 bits per heavy atom. The van der Waals surface area contributed by atoms with Crippen molar-refractivity contribution < 1.29 is 9.52 Å². The normalized spacial score (nSPS) is 10.6. The molecule has 1 aromatic heterocycles. The lowest BCUT2D eigenvalue weighted by atomic mass is 10.2. The third-order valence-corrected chi connectivity index (χ3v) is 3.20. The first-order chi connectivity index (χ1) is 7.20. The number of hydrogen-bond donors (Lipinski definition) is 1. The van der Waals surface area contributed by atoms with Gasteiger partial charge in [-0.2, -0.15) is 0 Å². The highest BCUT2D eigenvalue weighted by molar-refractivity contribution is 9.11. The maximum atomic E-state index is 8.91. The minimum Gasteiger partial charge on any atom is -0.459 e. The number of halogens is 2. The van der Waals surface area contributed by atoms with E-state index in [2.05, 4.69) is 31.9 Å². The minimum atomic E-state index is -0.0778. The summed E-state index contributed by atoms with van der Waals surface area (Å²) in [5.41, 5.74) is 0.962. The van der Waals surface area contributed by atoms with Crippen LogP contribution in [0.5, 0.6) is 0 Å². The van der Waals surface area contributed by atoms with Gasteiger partial charge in [0.2, 0.25) is 0 Å². The summed E-state index contributed by atoms with van der Waals surface area (Å²) in [6.45, 7) is -0.0778. The molecule has 2 rings (SSSR count). The van der Waals surface area contributed by atoms with Gasteiger partial charge < -0.3 is 9.52 Å². The third kappa shape index (κ3) is 2.33. The van der Waals surface area contributed by atoms with Crippen molar-refractivity contribution >= 4 is 31.9 Å². The predicted octanol–water partition coefficient (Wildman–Crippen LogP) is 3.96. The van der Waals surface area contributed by atoms with E-state index in [0.29, 0.717) is 5.76 Å². The molecule has 2 nitrogen and oxygen atoms in total. The molecule has 0 aliphatic rings. The second-order valence-corrected chi connectivity index (χ2v) is 4.82. The summed E-state index contributed by atoms with van der Waals surface area (Å²) >= 11 is 6.86. The number of aliphatic hydroxyl groups excluding tert-OH is 1. The Hall–Kier alpha value is -0.580. The van der Waals surface area contributed by atoms with Crippen LogP contribution in [0.4, 0.5) is 0 Å². The summed E-state index contributed by atoms with van der Waals surface area (Å²) < 4.78 is 7.40. The van der Waals surface area contributed by atoms with Gasteiger partial charge >= 0.3 is 0 Å². The summed E-state index contributed by atoms with van der Waals surface area (Å²) in [7, 11) is 0. The van der Waals surface area contributed by atoms with Gasteiger partial charge in [0.1, 0.15) is 18.1 Å². The fraction of sp³-hybridized carbons (Fsp3) is 0.0909. The van der Waals surface area contributed by atoms with Crippen molar-refractivity contribution in [2.24, 2.45) is 0 Å². The topological polar surface area (TPSA) is 33.4 Å². The first kappa shape index (κ1) is 10.9. The van der Waals surface area contributed by atoms with Crippen LogP contribution in [0, 0.1) is 0 Å². The molecule has 0 amide bonds. The van der Waals surface area contributed by atoms with Crippen molar-refractivity contribution in [3.8, 4) is 11.3 Å². The molecular formula is C11H8Br2O2. The molecule has 0 saturated heterocycles. The number of rotatable bonds is 2. The maximum Gasteiger partial charge on any atom is 0.135 e. The van der Waals surface area contributed by atoms with E-state index in [-0.39, 0.29) is 6.61 Å². The van der Waals surface area contributed by atoms with Gasteiger partial charge in [-0.15, -0.1) is 0 Å². The molecule has 0 spiro atoms. The molecule has 78 valence electrons. The van der Waals surface area contributed by atoms with E-state index in [4.69, 9.17) is 9.52 Å². The first-order valence-electron chi connectivity index (χ1n) is 4.35. The van der Waals surface area contributed by atoms with Crippen molar-refractivity contribution in [2.75, 3.05) is 0 Å². The SMILES string of the molecule is OCc1ccc(-c2cc(Br)ccc2Br)o1. The van der Waals surface area contributed by atoms with Gasteiger partial charge in [0, 0.05) is 14.5 Å². The zero-order valence-corrected chi connectivity index (χ0v) is 10.9. The standard InChI is InChI=1S/C11H8Br2O2/c12-7-1-3-10(13)9(5-7)11-4-2-8(6-14)15-11/h1-5,14H,6H2. The molecule has 0 atom stereocenters. The van der Waals surface area contributed by atoms with E-state index in [0.717, 1.165) is 20.3 Å². The van der Waals surface area contributed by atoms with Gasteiger partial charge in [0.05, 0.1) is 0 Å². The highest BCUT2D eigenvalue weighted by atomic mass is 79.9. The quantitative estimate of drug-likeness (QED) is 0.903. The van der Waals surface area contributed by atoms with E-state index in [1.165, 1.54) is 0 Å². The van der Waals surface area contributed by atoms with Gasteiger partial charge in [0.25, 0.3) is 0 Å². The summed E-state index contributed by atoms with van der Waals surface area (Å²) in [4.78, 5) is 0. The molecule has 2 aromatic rings. The van der Waals surface area contributed by atoms with Crippen molar-refractivity contribution in [3.63, 3.8) is 0 Å². The number of furan rings is 1. The van der Waals surface area contributed by atoms with Gasteiger partial charge in [-0.25, -0.2) is 0 Å². The van der Waals surface area contributed by atoms with Crippen molar-refractivity contribution in [2.45, 2.75) is 6.61 Å². The van der Waals surface area contributed by atoms with Crippen molar-refractivity contribution in [1.29, 1.82) is 0 Å². The van der Waals surface area contributed by atoms with Crippen molar-refractivity contribution in [1.82, 2.24) is 0 Å². The number of aliphatic hydroxyl groups is 1. The molecule has 4 heteroatoms. The molecule has 15 heavy (non-hydrogen) atoms. The average molecular weight is 332 g/mol. The zero-order chi connectivity index (χ0) is 10.8. The smallest absolute Gasteiger partial charge is 0.135 e. The highest BCUT2D eigenvalue weighted by Gasteiger charge is 2.08. The molecule has 0 unspecified atom stereocenters. The summed E-state index contributed by atoms with van der Waals surface area (Å²) in [5, 5.41) is 8.91. The van der Waals surface area contributed by atoms with Crippen LogP contribution in [-0.4, -0.2) is 5.11 Å². The molecule has 0 saturated carbocycles. The second-order valence-electron chi connectivity index (χ2n) is 3.05. The summed E-state index contributed by atoms with van der Waals surface area (Å²) in [5.74, 6) is 1.31. The molecule has 1 N–H and O–H groups in total. The Morgan fingerprint density at radius 3 is 2.60 bits per heavy atom. The lowest BCUT2D eigenvalue weighted by molar-refractivity contribution is 0.248. The second kappa shape index (κ2) is 4.51. The van der Waals surface area contributed by atoms with E-state index < -0.39 is 0 Å². The third-order valence-electron chi connectivity index (χ3n) is 2.01. The number of hydrogen-bond acceptors (Lipinski definition) is 2. The Labute approximate surface area is 104 Å². The molecule has 0 radical (unpaired) electrons. The molecule has 1 heterocycles. The van der Waals surface area contributed by atoms with Crippen molar-refractivity contribution in [3.05, 3.63) is 45.0 Å². The summed E-state index contributed by atoms with van der Waals surface area (Å²) in [6, 6.07) is 9.47. The number of benzene rings is 1. The largest absolute Gasteiger partial charge is 0.459 e. The van der Waals surface area contributed by atoms with Crippen LogP contribution in [0.15, 0.2) is 43.7 Å². The Bertz CT molecular complexity index is 477. The van der Waals surface area contributed by atoms with E-state index >= 15 is 0 Å². The molecular weight excluding hydrogens is 324 g/mol. The van der Waals surface area contributed by atoms with Crippen LogP contribution >= 0.6 is 31.9 Å². The molecule has 0 aliphatic carbocycles. The summed E-state index contributed by atoms with van der Waals surface area (Å²) in [6.07, 6.45) is 0. The Kier molecular flexibility index (Phi) is 3.29. The zero-order valence-electron chi connectivity index (χ0n) is 7.71. The van der Waals surface area contributed by atoms with Gasteiger partial charge in [0.15, 0.2) is 0 Å². The van der Waals surface area contributed by atoms with Gasteiger partial charge in [-0.05, 0) is 30.3 Å². The van der Waals surface area contributed by atoms with Crippen LogP contribution in [0.1, 0.15) is 5.76 Å². The predicted molar refractivity (Wildman–Crippen MR) is 65.5 cm³/mol.